The van der Waals surface area contributed by atoms with E-state index in [0.29, 0.717) is 17.2 Å². The van der Waals surface area contributed by atoms with E-state index in [9.17, 15) is 4.79 Å². The fraction of sp³-hybridized carbons (Fsp3) is 0.250. The van der Waals surface area contributed by atoms with Crippen LogP contribution in [0.2, 0.25) is 0 Å². The molecule has 0 spiro atoms. The van der Waals surface area contributed by atoms with Crippen molar-refractivity contribution in [2.45, 2.75) is 6.42 Å². The van der Waals surface area contributed by atoms with Gasteiger partial charge in [-0.05, 0) is 11.6 Å². The van der Waals surface area contributed by atoms with E-state index in [-0.39, 0.29) is 6.42 Å². The molecule has 0 heterocycles. The van der Waals surface area contributed by atoms with Gasteiger partial charge in [0.25, 0.3) is 0 Å². The van der Waals surface area contributed by atoms with Crippen LogP contribution in [0.1, 0.15) is 11.1 Å². The minimum absolute atomic E-state index is 0.0390. The lowest BCUT2D eigenvalue weighted by molar-refractivity contribution is -0.136. The van der Waals surface area contributed by atoms with Crippen LogP contribution in [-0.2, 0) is 11.2 Å². The van der Waals surface area contributed by atoms with E-state index in [1.165, 1.54) is 7.11 Å². The van der Waals surface area contributed by atoms with Crippen molar-refractivity contribution in [3.63, 3.8) is 0 Å². The molecule has 0 radical (unpaired) electrons. The summed E-state index contributed by atoms with van der Waals surface area (Å²) in [5, 5.41) is 8.71. The van der Waals surface area contributed by atoms with E-state index in [1.807, 2.05) is 18.2 Å². The zero-order valence-corrected chi connectivity index (χ0v) is 9.70. The highest BCUT2D eigenvalue weighted by molar-refractivity contribution is 6.19. The number of rotatable bonds is 5. The molecule has 0 aliphatic heterocycles. The van der Waals surface area contributed by atoms with Gasteiger partial charge in [-0.25, -0.2) is 0 Å². The van der Waals surface area contributed by atoms with Crippen molar-refractivity contribution in [3.05, 3.63) is 35.4 Å². The summed E-state index contributed by atoms with van der Waals surface area (Å²) in [6, 6.07) is 5.38. The van der Waals surface area contributed by atoms with Crippen LogP contribution in [0.4, 0.5) is 0 Å². The third kappa shape index (κ3) is 3.59. The predicted octanol–water partition coefficient (Wildman–Crippen LogP) is 2.57. The van der Waals surface area contributed by atoms with Crippen LogP contribution in [-0.4, -0.2) is 24.1 Å². The first kappa shape index (κ1) is 12.6. The fourth-order valence-corrected chi connectivity index (χ4v) is 1.44. The van der Waals surface area contributed by atoms with E-state index in [2.05, 4.69) is 0 Å². The molecular formula is C12H13ClO3. The van der Waals surface area contributed by atoms with Gasteiger partial charge < -0.3 is 9.84 Å². The lowest BCUT2D eigenvalue weighted by atomic mass is 10.1. The summed E-state index contributed by atoms with van der Waals surface area (Å²) in [5.41, 5.74) is 1.60. The molecule has 1 aromatic rings. The van der Waals surface area contributed by atoms with Gasteiger partial charge in [-0.1, -0.05) is 24.3 Å². The average molecular weight is 241 g/mol. The highest BCUT2D eigenvalue weighted by atomic mass is 35.5. The molecule has 0 atom stereocenters. The number of benzene rings is 1. The summed E-state index contributed by atoms with van der Waals surface area (Å²) in [5.74, 6) is 0.153. The summed E-state index contributed by atoms with van der Waals surface area (Å²) in [7, 11) is 1.52. The molecule has 0 aliphatic rings. The number of aliphatic carboxylic acids is 1. The molecule has 0 bridgehead atoms. The van der Waals surface area contributed by atoms with Gasteiger partial charge in [0.2, 0.25) is 0 Å². The minimum Gasteiger partial charge on any atom is -0.496 e. The van der Waals surface area contributed by atoms with Crippen molar-refractivity contribution >= 4 is 23.6 Å². The summed E-state index contributed by atoms with van der Waals surface area (Å²) in [6.45, 7) is 0. The van der Waals surface area contributed by atoms with Gasteiger partial charge in [-0.15, -0.1) is 11.6 Å². The maximum atomic E-state index is 10.6. The molecule has 0 saturated carbocycles. The molecule has 0 aromatic heterocycles. The number of carboxylic acids is 1. The molecule has 0 saturated heterocycles. The number of alkyl halides is 1. The number of hydrogen-bond acceptors (Lipinski definition) is 2. The van der Waals surface area contributed by atoms with Gasteiger partial charge in [-0.2, -0.15) is 0 Å². The average Bonchev–Trinajstić information content (AvgIpc) is 2.27. The molecule has 16 heavy (non-hydrogen) atoms. The molecule has 0 amide bonds. The molecule has 1 aromatic carbocycles. The number of hydrogen-bond donors (Lipinski definition) is 1. The zero-order valence-electron chi connectivity index (χ0n) is 8.94. The van der Waals surface area contributed by atoms with Crippen LogP contribution in [0, 0.1) is 0 Å². The lowest BCUT2D eigenvalue weighted by Gasteiger charge is -2.07. The Morgan fingerprint density at radius 1 is 1.56 bits per heavy atom. The van der Waals surface area contributed by atoms with Crippen LogP contribution >= 0.6 is 11.6 Å². The number of allylic oxidation sites excluding steroid dienone is 1. The van der Waals surface area contributed by atoms with Crippen LogP contribution in [0.3, 0.4) is 0 Å². The maximum absolute atomic E-state index is 10.6. The second kappa shape index (κ2) is 6.18. The minimum atomic E-state index is -0.873. The summed E-state index contributed by atoms with van der Waals surface area (Å²) in [6.07, 6.45) is 3.63. The Labute approximate surface area is 99.3 Å². The quantitative estimate of drug-likeness (QED) is 0.805. The van der Waals surface area contributed by atoms with Crippen molar-refractivity contribution < 1.29 is 14.6 Å². The first-order valence-electron chi connectivity index (χ1n) is 4.78. The van der Waals surface area contributed by atoms with E-state index in [1.54, 1.807) is 12.1 Å². The highest BCUT2D eigenvalue weighted by Gasteiger charge is 2.07. The largest absolute Gasteiger partial charge is 0.496 e. The summed E-state index contributed by atoms with van der Waals surface area (Å²) >= 11 is 5.53. The van der Waals surface area contributed by atoms with Gasteiger partial charge in [0.15, 0.2) is 0 Å². The van der Waals surface area contributed by atoms with Crippen LogP contribution in [0.15, 0.2) is 24.3 Å². The van der Waals surface area contributed by atoms with E-state index in [0.717, 1.165) is 5.56 Å². The number of carbonyl (C=O) groups is 1. The second-order valence-corrected chi connectivity index (χ2v) is 3.51. The number of methoxy groups -OCH3 is 1. The third-order valence-corrected chi connectivity index (χ3v) is 2.23. The monoisotopic (exact) mass is 240 g/mol. The van der Waals surface area contributed by atoms with Crippen molar-refractivity contribution in [2.24, 2.45) is 0 Å². The van der Waals surface area contributed by atoms with E-state index >= 15 is 0 Å². The molecule has 1 rings (SSSR count). The van der Waals surface area contributed by atoms with E-state index in [4.69, 9.17) is 21.4 Å². The van der Waals surface area contributed by atoms with Gasteiger partial charge in [-0.3, -0.25) is 4.79 Å². The Bertz CT molecular complexity index is 399. The van der Waals surface area contributed by atoms with Crippen molar-refractivity contribution in [3.8, 4) is 5.75 Å². The van der Waals surface area contributed by atoms with Crippen molar-refractivity contribution in [1.82, 2.24) is 0 Å². The molecular weight excluding hydrogens is 228 g/mol. The van der Waals surface area contributed by atoms with E-state index < -0.39 is 5.97 Å². The van der Waals surface area contributed by atoms with Gasteiger partial charge in [0.1, 0.15) is 5.75 Å². The maximum Gasteiger partial charge on any atom is 0.307 e. The first-order chi connectivity index (χ1) is 7.67. The topological polar surface area (TPSA) is 46.5 Å². The van der Waals surface area contributed by atoms with Gasteiger partial charge in [0, 0.05) is 11.4 Å². The van der Waals surface area contributed by atoms with Crippen molar-refractivity contribution in [2.75, 3.05) is 13.0 Å². The van der Waals surface area contributed by atoms with Crippen LogP contribution in [0.5, 0.6) is 5.75 Å². The molecule has 0 aliphatic carbocycles. The molecule has 0 fully saturated rings. The normalized spacial score (nSPS) is 10.6. The molecule has 4 heteroatoms. The molecule has 3 nitrogen and oxygen atoms in total. The Hall–Kier alpha value is -1.48. The summed E-state index contributed by atoms with van der Waals surface area (Å²) in [4.78, 5) is 10.6. The molecule has 0 unspecified atom stereocenters. The Morgan fingerprint density at radius 3 is 2.88 bits per heavy atom. The van der Waals surface area contributed by atoms with Crippen LogP contribution < -0.4 is 4.74 Å². The third-order valence-electron chi connectivity index (χ3n) is 2.05. The Morgan fingerprint density at radius 2 is 2.31 bits per heavy atom. The first-order valence-corrected chi connectivity index (χ1v) is 5.32. The number of halogens is 1. The zero-order chi connectivity index (χ0) is 12.0. The highest BCUT2D eigenvalue weighted by Crippen LogP contribution is 2.21. The standard InChI is InChI=1S/C12H13ClO3/c1-16-11-7-9(3-2-6-13)4-5-10(11)8-12(14)15/h2-5,7H,6,8H2,1H3,(H,14,15). The molecule has 86 valence electrons. The predicted molar refractivity (Wildman–Crippen MR) is 64.1 cm³/mol. The Kier molecular flexibility index (Phi) is 4.86. The fourth-order valence-electron chi connectivity index (χ4n) is 1.35. The number of ether oxygens (including phenoxy) is 1. The lowest BCUT2D eigenvalue weighted by Crippen LogP contribution is -2.02. The Balaban J connectivity index is 2.96. The molecule has 1 N–H and O–H groups in total. The SMILES string of the molecule is COc1cc(C=CCCl)ccc1CC(=O)O. The van der Waals surface area contributed by atoms with Gasteiger partial charge >= 0.3 is 5.97 Å². The summed E-state index contributed by atoms with van der Waals surface area (Å²) < 4.78 is 5.14. The smallest absolute Gasteiger partial charge is 0.307 e. The second-order valence-electron chi connectivity index (χ2n) is 3.20. The van der Waals surface area contributed by atoms with Crippen molar-refractivity contribution in [1.29, 1.82) is 0 Å². The number of carboxylic acid groups (broad SMARTS) is 1. The van der Waals surface area contributed by atoms with Gasteiger partial charge in [0.05, 0.1) is 13.5 Å². The van der Waals surface area contributed by atoms with Crippen LogP contribution in [0.25, 0.3) is 6.08 Å².